The van der Waals surface area contributed by atoms with E-state index in [0.29, 0.717) is 12.0 Å². The maximum atomic E-state index is 11.9. The topological polar surface area (TPSA) is 82.5 Å². The number of pyridine rings is 1. The van der Waals surface area contributed by atoms with E-state index in [1.54, 1.807) is 12.3 Å². The lowest BCUT2D eigenvalue weighted by atomic mass is 9.96. The summed E-state index contributed by atoms with van der Waals surface area (Å²) in [7, 11) is 0. The lowest BCUT2D eigenvalue weighted by molar-refractivity contribution is -0.117. The number of rotatable bonds is 4. The normalized spacial score (nSPS) is 19.7. The molecule has 1 amide bonds. The van der Waals surface area contributed by atoms with Crippen LogP contribution in [0.1, 0.15) is 23.1 Å². The third-order valence-corrected chi connectivity index (χ3v) is 4.05. The summed E-state index contributed by atoms with van der Waals surface area (Å²) in [5.41, 5.74) is 1.64. The molecule has 3 N–H and O–H groups in total. The van der Waals surface area contributed by atoms with Gasteiger partial charge in [-0.15, -0.1) is 0 Å². The number of benzene rings is 1. The molecular weight excluding hydrogens is 292 g/mol. The largest absolute Gasteiger partial charge is 0.506 e. The monoisotopic (exact) mass is 310 g/mol. The van der Waals surface area contributed by atoms with Crippen molar-refractivity contribution in [2.24, 2.45) is 0 Å². The zero-order chi connectivity index (χ0) is 16.3. The van der Waals surface area contributed by atoms with Gasteiger partial charge in [0, 0.05) is 12.3 Å². The minimum absolute atomic E-state index is 0.0458. The molecule has 5 heteroatoms. The number of aromatic nitrogens is 1. The Morgan fingerprint density at radius 3 is 3.00 bits per heavy atom. The number of carbonyl (C=O) groups excluding carboxylic acids is 1. The Morgan fingerprint density at radius 1 is 1.35 bits per heavy atom. The molecule has 2 aromatic rings. The fourth-order valence-electron chi connectivity index (χ4n) is 2.85. The van der Waals surface area contributed by atoms with Crippen molar-refractivity contribution >= 4 is 12.0 Å². The number of carbonyl (C=O) groups is 1. The van der Waals surface area contributed by atoms with Crippen molar-refractivity contribution < 1.29 is 15.0 Å². The highest BCUT2D eigenvalue weighted by Crippen LogP contribution is 2.36. The summed E-state index contributed by atoms with van der Waals surface area (Å²) in [6, 6.07) is 9.27. The molecule has 118 valence electrons. The summed E-state index contributed by atoms with van der Waals surface area (Å²) >= 11 is 0. The van der Waals surface area contributed by atoms with Crippen LogP contribution >= 0.6 is 0 Å². The molecule has 23 heavy (non-hydrogen) atoms. The summed E-state index contributed by atoms with van der Waals surface area (Å²) in [4.78, 5) is 15.8. The lowest BCUT2D eigenvalue weighted by Crippen LogP contribution is -2.38. The van der Waals surface area contributed by atoms with Crippen LogP contribution in [-0.4, -0.2) is 27.6 Å². The molecule has 1 aliphatic carbocycles. The number of fused-ring (bicyclic) bond motifs is 1. The van der Waals surface area contributed by atoms with Crippen molar-refractivity contribution in [2.75, 3.05) is 6.54 Å². The van der Waals surface area contributed by atoms with Gasteiger partial charge in [-0.1, -0.05) is 24.3 Å². The Balaban J connectivity index is 1.61. The Kier molecular flexibility index (Phi) is 4.12. The number of aromatic hydroxyl groups is 1. The van der Waals surface area contributed by atoms with Gasteiger partial charge in [0.15, 0.2) is 0 Å². The van der Waals surface area contributed by atoms with Crippen LogP contribution in [0.15, 0.2) is 48.8 Å². The summed E-state index contributed by atoms with van der Waals surface area (Å²) in [5, 5.41) is 22.8. The third kappa shape index (κ3) is 3.40. The predicted octanol–water partition coefficient (Wildman–Crippen LogP) is 1.75. The van der Waals surface area contributed by atoms with Crippen molar-refractivity contribution in [3.05, 3.63) is 65.5 Å². The molecule has 0 saturated heterocycles. The van der Waals surface area contributed by atoms with Crippen LogP contribution in [0.3, 0.4) is 0 Å². The number of hydrogen-bond donors (Lipinski definition) is 3. The Morgan fingerprint density at radius 2 is 2.17 bits per heavy atom. The van der Waals surface area contributed by atoms with E-state index in [2.05, 4.69) is 10.3 Å². The molecule has 0 aliphatic heterocycles. The molecule has 0 fully saturated rings. The standard InChI is InChI=1S/C18H18N2O3/c21-15-9-13(10-19-11-15)5-6-17(22)20-12-18(23)8-7-14-3-1-2-4-16(14)18/h1-6,9-11,21,23H,7-8,12H2,(H,20,22)/b6-5+. The lowest BCUT2D eigenvalue weighted by Gasteiger charge is -2.24. The fourth-order valence-corrected chi connectivity index (χ4v) is 2.85. The average Bonchev–Trinajstić information content (AvgIpc) is 2.89. The van der Waals surface area contributed by atoms with Crippen LogP contribution in [0.2, 0.25) is 0 Å². The van der Waals surface area contributed by atoms with E-state index in [1.807, 2.05) is 24.3 Å². The Bertz CT molecular complexity index is 757. The second-order valence-electron chi connectivity index (χ2n) is 5.72. The molecule has 0 bridgehead atoms. The number of hydrogen-bond acceptors (Lipinski definition) is 4. The smallest absolute Gasteiger partial charge is 0.244 e. The highest BCUT2D eigenvalue weighted by molar-refractivity contribution is 5.91. The van der Waals surface area contributed by atoms with E-state index < -0.39 is 5.60 Å². The van der Waals surface area contributed by atoms with Crippen LogP contribution in [-0.2, 0) is 16.8 Å². The van der Waals surface area contributed by atoms with Gasteiger partial charge >= 0.3 is 0 Å². The van der Waals surface area contributed by atoms with E-state index in [4.69, 9.17) is 0 Å². The summed E-state index contributed by atoms with van der Waals surface area (Å²) < 4.78 is 0. The van der Waals surface area contributed by atoms with Crippen LogP contribution in [0.5, 0.6) is 5.75 Å². The number of nitrogens with one attached hydrogen (secondary N) is 1. The first-order chi connectivity index (χ1) is 11.1. The van der Waals surface area contributed by atoms with Crippen molar-refractivity contribution in [1.82, 2.24) is 10.3 Å². The Labute approximate surface area is 134 Å². The average molecular weight is 310 g/mol. The molecule has 0 radical (unpaired) electrons. The predicted molar refractivity (Wildman–Crippen MR) is 86.6 cm³/mol. The molecule has 0 spiro atoms. The number of aliphatic hydroxyl groups is 1. The molecule has 1 aromatic heterocycles. The molecule has 1 unspecified atom stereocenters. The van der Waals surface area contributed by atoms with Crippen LogP contribution in [0.4, 0.5) is 0 Å². The molecule has 1 heterocycles. The van der Waals surface area contributed by atoms with Crippen LogP contribution in [0.25, 0.3) is 6.08 Å². The SMILES string of the molecule is O=C(/C=C/c1cncc(O)c1)NCC1(O)CCc2ccccc21. The van der Waals surface area contributed by atoms with Crippen molar-refractivity contribution in [3.8, 4) is 5.75 Å². The van der Waals surface area contributed by atoms with Gasteiger partial charge in [0.25, 0.3) is 0 Å². The molecule has 1 aromatic carbocycles. The second kappa shape index (κ2) is 6.22. The molecule has 3 rings (SSSR count). The molecular formula is C18H18N2O3. The highest BCUT2D eigenvalue weighted by atomic mass is 16.3. The zero-order valence-corrected chi connectivity index (χ0v) is 12.6. The van der Waals surface area contributed by atoms with E-state index in [1.165, 1.54) is 18.3 Å². The van der Waals surface area contributed by atoms with Gasteiger partial charge in [-0.3, -0.25) is 9.78 Å². The number of amides is 1. The van der Waals surface area contributed by atoms with E-state index in [0.717, 1.165) is 17.5 Å². The highest BCUT2D eigenvalue weighted by Gasteiger charge is 2.36. The van der Waals surface area contributed by atoms with Crippen LogP contribution < -0.4 is 5.32 Å². The van der Waals surface area contributed by atoms with Gasteiger partial charge in [-0.25, -0.2) is 0 Å². The van der Waals surface area contributed by atoms with Gasteiger partial charge < -0.3 is 15.5 Å². The van der Waals surface area contributed by atoms with Gasteiger partial charge in [0.05, 0.1) is 12.7 Å². The van der Waals surface area contributed by atoms with Gasteiger partial charge in [0.2, 0.25) is 5.91 Å². The van der Waals surface area contributed by atoms with Gasteiger partial charge in [-0.2, -0.15) is 0 Å². The van der Waals surface area contributed by atoms with Crippen molar-refractivity contribution in [2.45, 2.75) is 18.4 Å². The number of nitrogens with zero attached hydrogens (tertiary/aromatic N) is 1. The first kappa shape index (κ1) is 15.2. The maximum Gasteiger partial charge on any atom is 0.244 e. The van der Waals surface area contributed by atoms with E-state index in [-0.39, 0.29) is 18.2 Å². The van der Waals surface area contributed by atoms with Gasteiger partial charge in [0.1, 0.15) is 11.4 Å². The van der Waals surface area contributed by atoms with Crippen molar-refractivity contribution in [3.63, 3.8) is 0 Å². The third-order valence-electron chi connectivity index (χ3n) is 4.05. The van der Waals surface area contributed by atoms with E-state index in [9.17, 15) is 15.0 Å². The van der Waals surface area contributed by atoms with Crippen molar-refractivity contribution in [1.29, 1.82) is 0 Å². The molecule has 0 saturated carbocycles. The minimum Gasteiger partial charge on any atom is -0.506 e. The molecule has 1 aliphatic rings. The summed E-state index contributed by atoms with van der Waals surface area (Å²) in [5.74, 6) is -0.254. The summed E-state index contributed by atoms with van der Waals surface area (Å²) in [6.45, 7) is 0.172. The van der Waals surface area contributed by atoms with E-state index >= 15 is 0 Å². The first-order valence-electron chi connectivity index (χ1n) is 7.47. The van der Waals surface area contributed by atoms with Crippen LogP contribution in [0, 0.1) is 0 Å². The minimum atomic E-state index is -1.01. The molecule has 5 nitrogen and oxygen atoms in total. The fraction of sp³-hybridized carbons (Fsp3) is 0.222. The second-order valence-corrected chi connectivity index (χ2v) is 5.72. The molecule has 1 atom stereocenters. The Hall–Kier alpha value is -2.66. The maximum absolute atomic E-state index is 11.9. The zero-order valence-electron chi connectivity index (χ0n) is 12.6. The summed E-state index contributed by atoms with van der Waals surface area (Å²) in [6.07, 6.45) is 7.21. The number of aryl methyl sites for hydroxylation is 1. The first-order valence-corrected chi connectivity index (χ1v) is 7.47. The quantitative estimate of drug-likeness (QED) is 0.751. The van der Waals surface area contributed by atoms with Gasteiger partial charge in [-0.05, 0) is 41.7 Å².